The van der Waals surface area contributed by atoms with Gasteiger partial charge in [-0.1, -0.05) is 23.7 Å². The van der Waals surface area contributed by atoms with E-state index in [4.69, 9.17) is 16.3 Å². The lowest BCUT2D eigenvalue weighted by Gasteiger charge is -2.12. The molecule has 0 amide bonds. The lowest BCUT2D eigenvalue weighted by Crippen LogP contribution is -2.00. The maximum atomic E-state index is 10.8. The number of nitriles is 1. The van der Waals surface area contributed by atoms with Crippen molar-refractivity contribution in [3.05, 3.63) is 99.6 Å². The quantitative estimate of drug-likeness (QED) is 0.0946. The van der Waals surface area contributed by atoms with Gasteiger partial charge in [-0.25, -0.2) is 0 Å². The van der Waals surface area contributed by atoms with Crippen molar-refractivity contribution in [2.24, 2.45) is 0 Å². The smallest absolute Gasteiger partial charge is 0.269 e. The number of benzene rings is 3. The third-order valence-corrected chi connectivity index (χ3v) is 5.99. The topological polar surface area (TPSA) is 76.2 Å². The van der Waals surface area contributed by atoms with Gasteiger partial charge in [-0.15, -0.1) is 0 Å². The van der Waals surface area contributed by atoms with Crippen LogP contribution in [-0.2, 0) is 6.61 Å². The summed E-state index contributed by atoms with van der Waals surface area (Å²) in [6.07, 6.45) is 1.83. The van der Waals surface area contributed by atoms with E-state index in [0.717, 1.165) is 29.6 Å². The fraction of sp³-hybridized carbons (Fsp3) is 0.0455. The molecule has 0 aliphatic carbocycles. The van der Waals surface area contributed by atoms with Crippen LogP contribution in [0.5, 0.6) is 5.75 Å². The molecule has 0 aliphatic rings. The fourth-order valence-electron chi connectivity index (χ4n) is 2.65. The highest BCUT2D eigenvalue weighted by atomic mass is 127. The first-order valence-corrected chi connectivity index (χ1v) is 11.1. The Hall–Kier alpha value is -2.16. The van der Waals surface area contributed by atoms with Crippen molar-refractivity contribution >= 4 is 74.1 Å². The molecule has 0 aliphatic heterocycles. The number of rotatable bonds is 6. The van der Waals surface area contributed by atoms with Crippen LogP contribution >= 0.6 is 56.8 Å². The van der Waals surface area contributed by atoms with E-state index in [1.54, 1.807) is 24.3 Å². The zero-order chi connectivity index (χ0) is 21.7. The zero-order valence-electron chi connectivity index (χ0n) is 15.3. The number of hydrogen-bond donors (Lipinski definition) is 0. The summed E-state index contributed by atoms with van der Waals surface area (Å²) in [5.41, 5.74) is 3.11. The minimum Gasteiger partial charge on any atom is -0.487 e. The van der Waals surface area contributed by atoms with E-state index in [1.165, 1.54) is 12.1 Å². The molecule has 0 bridgehead atoms. The highest BCUT2D eigenvalue weighted by molar-refractivity contribution is 14.1. The van der Waals surface area contributed by atoms with Gasteiger partial charge in [-0.05, 0) is 104 Å². The number of nitrogens with zero attached hydrogens (tertiary/aromatic N) is 2. The zero-order valence-corrected chi connectivity index (χ0v) is 20.4. The van der Waals surface area contributed by atoms with Gasteiger partial charge in [0.1, 0.15) is 12.4 Å². The van der Waals surface area contributed by atoms with Crippen LogP contribution in [0.15, 0.2) is 60.7 Å². The SMILES string of the molecule is N#C/C(=C/c1cc(I)c(OCc2ccc([N+](=O)[O-])cc2)c(I)c1)c1ccc(Cl)cc1. The predicted molar refractivity (Wildman–Crippen MR) is 134 cm³/mol. The Morgan fingerprint density at radius 1 is 1.10 bits per heavy atom. The Morgan fingerprint density at radius 2 is 1.70 bits per heavy atom. The van der Waals surface area contributed by atoms with Crippen molar-refractivity contribution in [1.82, 2.24) is 0 Å². The molecule has 0 N–H and O–H groups in total. The first-order chi connectivity index (χ1) is 14.4. The summed E-state index contributed by atoms with van der Waals surface area (Å²) in [4.78, 5) is 10.3. The molecule has 0 fully saturated rings. The predicted octanol–water partition coefficient (Wildman–Crippen LogP) is 7.10. The van der Waals surface area contributed by atoms with E-state index in [2.05, 4.69) is 51.3 Å². The first kappa shape index (κ1) is 22.5. The lowest BCUT2D eigenvalue weighted by atomic mass is 10.0. The molecular weight excluding hydrogens is 630 g/mol. The van der Waals surface area contributed by atoms with Gasteiger partial charge in [-0.3, -0.25) is 10.1 Å². The highest BCUT2D eigenvalue weighted by Gasteiger charge is 2.11. The number of nitro benzene ring substituents is 1. The summed E-state index contributed by atoms with van der Waals surface area (Å²) < 4.78 is 7.76. The van der Waals surface area contributed by atoms with Crippen molar-refractivity contribution in [2.45, 2.75) is 6.61 Å². The second-order valence-electron chi connectivity index (χ2n) is 6.20. The van der Waals surface area contributed by atoms with Gasteiger partial charge in [0.05, 0.1) is 23.7 Å². The van der Waals surface area contributed by atoms with Crippen LogP contribution in [0.2, 0.25) is 5.02 Å². The second kappa shape index (κ2) is 10.2. The molecule has 0 atom stereocenters. The van der Waals surface area contributed by atoms with Gasteiger partial charge in [-0.2, -0.15) is 5.26 Å². The molecule has 0 radical (unpaired) electrons. The molecule has 3 rings (SSSR count). The number of non-ortho nitro benzene ring substituents is 1. The largest absolute Gasteiger partial charge is 0.487 e. The third-order valence-electron chi connectivity index (χ3n) is 4.14. The number of ether oxygens (including phenoxy) is 1. The molecule has 5 nitrogen and oxygen atoms in total. The van der Waals surface area contributed by atoms with E-state index in [-0.39, 0.29) is 5.69 Å². The molecule has 0 aromatic heterocycles. The average molecular weight is 643 g/mol. The second-order valence-corrected chi connectivity index (χ2v) is 8.96. The van der Waals surface area contributed by atoms with E-state index >= 15 is 0 Å². The molecule has 3 aromatic rings. The number of hydrogen-bond acceptors (Lipinski definition) is 4. The van der Waals surface area contributed by atoms with Crippen molar-refractivity contribution in [3.63, 3.8) is 0 Å². The molecule has 0 saturated carbocycles. The maximum absolute atomic E-state index is 10.8. The van der Waals surface area contributed by atoms with Crippen LogP contribution in [-0.4, -0.2) is 4.92 Å². The molecule has 3 aromatic carbocycles. The molecule has 0 unspecified atom stereocenters. The van der Waals surface area contributed by atoms with Crippen molar-refractivity contribution in [3.8, 4) is 11.8 Å². The Bertz CT molecular complexity index is 1130. The minimum atomic E-state index is -0.428. The molecular formula is C22H13ClI2N2O3. The molecule has 150 valence electrons. The fourth-order valence-corrected chi connectivity index (χ4v) is 4.90. The van der Waals surface area contributed by atoms with Gasteiger partial charge in [0.2, 0.25) is 0 Å². The van der Waals surface area contributed by atoms with Crippen LogP contribution in [0, 0.1) is 28.6 Å². The number of allylic oxidation sites excluding steroid dienone is 1. The van der Waals surface area contributed by atoms with Crippen molar-refractivity contribution in [2.75, 3.05) is 0 Å². The summed E-state index contributed by atoms with van der Waals surface area (Å²) in [7, 11) is 0. The van der Waals surface area contributed by atoms with Crippen LogP contribution < -0.4 is 4.74 Å². The maximum Gasteiger partial charge on any atom is 0.269 e. The summed E-state index contributed by atoms with van der Waals surface area (Å²) >= 11 is 10.3. The minimum absolute atomic E-state index is 0.0491. The van der Waals surface area contributed by atoms with Crippen LogP contribution in [0.4, 0.5) is 5.69 Å². The Labute approximate surface area is 205 Å². The molecule has 0 heterocycles. The Kier molecular flexibility index (Phi) is 7.69. The Balaban J connectivity index is 1.80. The molecule has 8 heteroatoms. The number of halogens is 3. The summed E-state index contributed by atoms with van der Waals surface area (Å²) in [6, 6.07) is 19.5. The molecule has 30 heavy (non-hydrogen) atoms. The van der Waals surface area contributed by atoms with Gasteiger partial charge >= 0.3 is 0 Å². The van der Waals surface area contributed by atoms with Crippen LogP contribution in [0.1, 0.15) is 16.7 Å². The molecule has 0 spiro atoms. The lowest BCUT2D eigenvalue weighted by molar-refractivity contribution is -0.384. The van der Waals surface area contributed by atoms with Gasteiger partial charge in [0.15, 0.2) is 0 Å². The first-order valence-electron chi connectivity index (χ1n) is 8.60. The van der Waals surface area contributed by atoms with Gasteiger partial charge in [0, 0.05) is 17.2 Å². The van der Waals surface area contributed by atoms with Crippen LogP contribution in [0.3, 0.4) is 0 Å². The monoisotopic (exact) mass is 642 g/mol. The standard InChI is InChI=1S/C22H13ClI2N2O3/c23-18-5-3-16(4-6-18)17(12-26)9-15-10-20(24)22(21(25)11-15)30-13-14-1-7-19(8-2-14)27(28)29/h1-11H,13H2/b17-9-. The summed E-state index contributed by atoms with van der Waals surface area (Å²) in [6.45, 7) is 0.299. The van der Waals surface area contributed by atoms with Crippen molar-refractivity contribution < 1.29 is 9.66 Å². The summed E-state index contributed by atoms with van der Waals surface area (Å²) in [5.74, 6) is 0.733. The Morgan fingerprint density at radius 3 is 2.23 bits per heavy atom. The van der Waals surface area contributed by atoms with Crippen molar-refractivity contribution in [1.29, 1.82) is 5.26 Å². The number of nitro groups is 1. The van der Waals surface area contributed by atoms with Crippen LogP contribution in [0.25, 0.3) is 11.6 Å². The van der Waals surface area contributed by atoms with E-state index in [0.29, 0.717) is 17.2 Å². The molecule has 0 saturated heterocycles. The normalized spacial score (nSPS) is 11.1. The van der Waals surface area contributed by atoms with E-state index in [9.17, 15) is 15.4 Å². The van der Waals surface area contributed by atoms with Gasteiger partial charge in [0.25, 0.3) is 5.69 Å². The van der Waals surface area contributed by atoms with Gasteiger partial charge < -0.3 is 4.74 Å². The average Bonchev–Trinajstić information content (AvgIpc) is 2.72. The van der Waals surface area contributed by atoms with E-state index in [1.807, 2.05) is 30.3 Å². The highest BCUT2D eigenvalue weighted by Crippen LogP contribution is 2.31. The summed E-state index contributed by atoms with van der Waals surface area (Å²) in [5, 5.41) is 20.9. The van der Waals surface area contributed by atoms with E-state index < -0.39 is 4.92 Å². The third kappa shape index (κ3) is 5.71.